The molecule has 35 heavy (non-hydrogen) atoms. The Morgan fingerprint density at radius 1 is 1.14 bits per heavy atom. The highest BCUT2D eigenvalue weighted by atomic mass is 32.1. The van der Waals surface area contributed by atoms with E-state index in [4.69, 9.17) is 0 Å². The Bertz CT molecular complexity index is 1170. The van der Waals surface area contributed by atoms with E-state index in [1.54, 1.807) is 35.2 Å². The number of benzene rings is 1. The number of aromatic nitrogens is 3. The van der Waals surface area contributed by atoms with Crippen molar-refractivity contribution in [3.8, 4) is 0 Å². The zero-order chi connectivity index (χ0) is 25.4. The molecule has 184 valence electrons. The van der Waals surface area contributed by atoms with Gasteiger partial charge in [0.15, 0.2) is 0 Å². The molecular weight excluding hydrogens is 460 g/mol. The van der Waals surface area contributed by atoms with E-state index >= 15 is 0 Å². The molecule has 0 saturated carbocycles. The second-order valence-electron chi connectivity index (χ2n) is 10.7. The number of amides is 1. The minimum absolute atomic E-state index is 0.0556. The van der Waals surface area contributed by atoms with Crippen molar-refractivity contribution >= 4 is 23.2 Å². The van der Waals surface area contributed by atoms with Crippen LogP contribution in [0.3, 0.4) is 0 Å². The summed E-state index contributed by atoms with van der Waals surface area (Å²) in [4.78, 5) is 42.7. The van der Waals surface area contributed by atoms with Gasteiger partial charge in [-0.3, -0.25) is 19.7 Å². The molecule has 1 saturated heterocycles. The van der Waals surface area contributed by atoms with E-state index in [0.29, 0.717) is 17.7 Å². The minimum Gasteiger partial charge on any atom is -0.479 e. The molecule has 2 aromatic heterocycles. The first-order chi connectivity index (χ1) is 16.5. The van der Waals surface area contributed by atoms with Gasteiger partial charge in [0.25, 0.3) is 5.91 Å². The lowest BCUT2D eigenvalue weighted by Crippen LogP contribution is -2.54. The van der Waals surface area contributed by atoms with E-state index in [1.165, 1.54) is 11.3 Å². The van der Waals surface area contributed by atoms with Crippen molar-refractivity contribution in [2.45, 2.75) is 70.4 Å². The van der Waals surface area contributed by atoms with Crippen LogP contribution < -0.4 is 0 Å². The number of hydrogen-bond donors (Lipinski definition) is 1. The molecule has 7 nitrogen and oxygen atoms in total. The Labute approximate surface area is 210 Å². The highest BCUT2D eigenvalue weighted by molar-refractivity contribution is 7.09. The van der Waals surface area contributed by atoms with Gasteiger partial charge < -0.3 is 10.0 Å². The van der Waals surface area contributed by atoms with Gasteiger partial charge in [-0.2, -0.15) is 0 Å². The van der Waals surface area contributed by atoms with Crippen molar-refractivity contribution < 1.29 is 14.7 Å². The zero-order valence-electron chi connectivity index (χ0n) is 20.8. The molecule has 3 aromatic rings. The van der Waals surface area contributed by atoms with E-state index < -0.39 is 17.6 Å². The third-order valence-electron chi connectivity index (χ3n) is 6.74. The maximum Gasteiger partial charge on any atom is 0.329 e. The number of carbonyl (C=O) groups excluding carboxylic acids is 1. The first-order valence-corrected chi connectivity index (χ1v) is 12.7. The van der Waals surface area contributed by atoms with Crippen molar-refractivity contribution in [1.29, 1.82) is 0 Å². The number of nitrogens with zero attached hydrogens (tertiary/aromatic N) is 4. The molecule has 0 aliphatic carbocycles. The van der Waals surface area contributed by atoms with Crippen LogP contribution in [-0.4, -0.2) is 42.4 Å². The molecule has 0 unspecified atom stereocenters. The zero-order valence-corrected chi connectivity index (χ0v) is 21.6. The van der Waals surface area contributed by atoms with E-state index in [0.717, 1.165) is 10.4 Å². The van der Waals surface area contributed by atoms with E-state index in [1.807, 2.05) is 38.1 Å². The number of carbonyl (C=O) groups is 2. The van der Waals surface area contributed by atoms with Crippen LogP contribution in [0.2, 0.25) is 0 Å². The lowest BCUT2D eigenvalue weighted by Gasteiger charge is -2.39. The fourth-order valence-corrected chi connectivity index (χ4v) is 5.97. The van der Waals surface area contributed by atoms with Crippen LogP contribution >= 0.6 is 11.3 Å². The number of likely N-dealkylation sites (tertiary alicyclic amines) is 1. The summed E-state index contributed by atoms with van der Waals surface area (Å²) < 4.78 is 0. The lowest BCUT2D eigenvalue weighted by molar-refractivity contribution is -0.150. The third-order valence-corrected chi connectivity index (χ3v) is 7.59. The molecule has 8 heteroatoms. The molecule has 1 amide bonds. The average Bonchev–Trinajstić information content (AvgIpc) is 3.45. The largest absolute Gasteiger partial charge is 0.479 e. The summed E-state index contributed by atoms with van der Waals surface area (Å²) >= 11 is 1.43. The SMILES string of the molecule is CC(C)C[C@@]1(C(=O)O)C[C@H](c2cnccn2)[C@H](c2cncs2)N1C(=O)c1ccc(C(C)(C)C)cc1. The van der Waals surface area contributed by atoms with Crippen molar-refractivity contribution in [3.05, 3.63) is 76.3 Å². The Balaban J connectivity index is 1.89. The number of carboxylic acids is 1. The minimum atomic E-state index is -1.38. The first kappa shape index (κ1) is 25.0. The van der Waals surface area contributed by atoms with Crippen LogP contribution in [0.25, 0.3) is 0 Å². The Morgan fingerprint density at radius 2 is 1.86 bits per heavy atom. The molecule has 1 aliphatic rings. The summed E-state index contributed by atoms with van der Waals surface area (Å²) in [5.41, 5.74) is 2.54. The summed E-state index contributed by atoms with van der Waals surface area (Å²) in [5.74, 6) is -1.55. The van der Waals surface area contributed by atoms with Crippen molar-refractivity contribution in [2.24, 2.45) is 5.92 Å². The Morgan fingerprint density at radius 3 is 2.37 bits per heavy atom. The number of carboxylic acid groups (broad SMARTS) is 1. The van der Waals surface area contributed by atoms with Crippen LogP contribution in [0, 0.1) is 5.92 Å². The maximum absolute atomic E-state index is 14.2. The molecule has 0 bridgehead atoms. The summed E-state index contributed by atoms with van der Waals surface area (Å²) in [5, 5.41) is 10.7. The number of rotatable bonds is 6. The van der Waals surface area contributed by atoms with Gasteiger partial charge in [0, 0.05) is 41.1 Å². The van der Waals surface area contributed by atoms with Crippen molar-refractivity contribution in [2.75, 3.05) is 0 Å². The van der Waals surface area contributed by atoms with Gasteiger partial charge in [0.1, 0.15) is 5.54 Å². The number of aliphatic carboxylic acids is 1. The van der Waals surface area contributed by atoms with Crippen LogP contribution in [0.5, 0.6) is 0 Å². The summed E-state index contributed by atoms with van der Waals surface area (Å²) in [6.07, 6.45) is 7.20. The Kier molecular flexibility index (Phi) is 6.77. The van der Waals surface area contributed by atoms with Crippen LogP contribution in [0.1, 0.15) is 85.9 Å². The molecule has 1 aromatic carbocycles. The standard InChI is InChI=1S/C27H32N4O3S/c1-17(2)12-27(25(33)34)13-20(21-14-28-10-11-30-21)23(22-15-29-16-35-22)31(27)24(32)18-6-8-19(9-7-18)26(3,4)5/h6-11,14-17,20,23H,12-13H2,1-5H3,(H,33,34)/t20-,23-,27+/m1/s1. The van der Waals surface area contributed by atoms with E-state index in [9.17, 15) is 14.7 Å². The first-order valence-electron chi connectivity index (χ1n) is 11.9. The van der Waals surface area contributed by atoms with Gasteiger partial charge in [0.2, 0.25) is 0 Å². The molecule has 0 radical (unpaired) electrons. The van der Waals surface area contributed by atoms with E-state index in [2.05, 4.69) is 35.7 Å². The molecule has 0 spiro atoms. The molecule has 1 aliphatic heterocycles. The molecule has 3 heterocycles. The fourth-order valence-electron chi connectivity index (χ4n) is 5.19. The molecule has 1 fully saturated rings. The van der Waals surface area contributed by atoms with Gasteiger partial charge in [0.05, 0.1) is 17.2 Å². The van der Waals surface area contributed by atoms with Gasteiger partial charge in [-0.15, -0.1) is 11.3 Å². The molecular formula is C27H32N4O3S. The van der Waals surface area contributed by atoms with Crippen molar-refractivity contribution in [3.63, 3.8) is 0 Å². The lowest BCUT2D eigenvalue weighted by atomic mass is 9.82. The summed E-state index contributed by atoms with van der Waals surface area (Å²) in [6.45, 7) is 10.3. The van der Waals surface area contributed by atoms with Gasteiger partial charge in [-0.1, -0.05) is 46.8 Å². The fraction of sp³-hybridized carbons (Fsp3) is 0.444. The second kappa shape index (κ2) is 9.49. The topological polar surface area (TPSA) is 96.3 Å². The molecule has 1 N–H and O–H groups in total. The predicted molar refractivity (Wildman–Crippen MR) is 135 cm³/mol. The average molecular weight is 493 g/mol. The Hall–Kier alpha value is -3.13. The van der Waals surface area contributed by atoms with Crippen LogP contribution in [-0.2, 0) is 10.2 Å². The summed E-state index contributed by atoms with van der Waals surface area (Å²) in [7, 11) is 0. The second-order valence-corrected chi connectivity index (χ2v) is 11.6. The molecule has 3 atom stereocenters. The van der Waals surface area contributed by atoms with Gasteiger partial charge >= 0.3 is 5.97 Å². The predicted octanol–water partition coefficient (Wildman–Crippen LogP) is 5.47. The monoisotopic (exact) mass is 492 g/mol. The normalized spacial score (nSPS) is 22.5. The van der Waals surface area contributed by atoms with Crippen molar-refractivity contribution in [1.82, 2.24) is 19.9 Å². The number of thiazole rings is 1. The van der Waals surface area contributed by atoms with Gasteiger partial charge in [-0.25, -0.2) is 4.79 Å². The van der Waals surface area contributed by atoms with E-state index in [-0.39, 0.29) is 29.6 Å². The smallest absolute Gasteiger partial charge is 0.329 e. The highest BCUT2D eigenvalue weighted by Gasteiger charge is 2.60. The highest BCUT2D eigenvalue weighted by Crippen LogP contribution is 2.54. The summed E-state index contributed by atoms with van der Waals surface area (Å²) in [6, 6.07) is 7.02. The van der Waals surface area contributed by atoms with Crippen LogP contribution in [0.15, 0.2) is 54.6 Å². The number of hydrogen-bond acceptors (Lipinski definition) is 6. The van der Waals surface area contributed by atoms with Gasteiger partial charge in [-0.05, 0) is 41.9 Å². The maximum atomic E-state index is 14.2. The third kappa shape index (κ3) is 4.72. The van der Waals surface area contributed by atoms with Crippen LogP contribution in [0.4, 0.5) is 0 Å². The quantitative estimate of drug-likeness (QED) is 0.490. The molecule has 4 rings (SSSR count).